The summed E-state index contributed by atoms with van der Waals surface area (Å²) >= 11 is 0. The SMILES string of the molecule is Cc1nc(NCCNC(=O)C2CCCCC2)cc(-n2cnc(C)c2C)n1. The first kappa shape index (κ1) is 18.4. The molecule has 0 atom stereocenters. The molecule has 2 aromatic rings. The van der Waals surface area contributed by atoms with Crippen molar-refractivity contribution in [2.24, 2.45) is 5.92 Å². The maximum absolute atomic E-state index is 12.2. The lowest BCUT2D eigenvalue weighted by Gasteiger charge is -2.20. The molecule has 1 aliphatic carbocycles. The van der Waals surface area contributed by atoms with E-state index < -0.39 is 0 Å². The van der Waals surface area contributed by atoms with Gasteiger partial charge in [-0.15, -0.1) is 0 Å². The van der Waals surface area contributed by atoms with Gasteiger partial charge in [-0.25, -0.2) is 15.0 Å². The second kappa shape index (κ2) is 8.29. The van der Waals surface area contributed by atoms with Gasteiger partial charge in [0.1, 0.15) is 23.8 Å². The van der Waals surface area contributed by atoms with Crippen molar-refractivity contribution >= 4 is 11.7 Å². The van der Waals surface area contributed by atoms with E-state index in [1.807, 2.05) is 31.4 Å². The van der Waals surface area contributed by atoms with E-state index in [9.17, 15) is 4.79 Å². The van der Waals surface area contributed by atoms with Crippen LogP contribution >= 0.6 is 0 Å². The van der Waals surface area contributed by atoms with Gasteiger partial charge in [0.2, 0.25) is 5.91 Å². The fourth-order valence-corrected chi connectivity index (χ4v) is 3.38. The first-order chi connectivity index (χ1) is 12.5. The van der Waals surface area contributed by atoms with Crippen LogP contribution in [0.2, 0.25) is 0 Å². The molecule has 0 spiro atoms. The Labute approximate surface area is 154 Å². The summed E-state index contributed by atoms with van der Waals surface area (Å²) in [6.07, 6.45) is 7.44. The van der Waals surface area contributed by atoms with Gasteiger partial charge in [-0.2, -0.15) is 0 Å². The summed E-state index contributed by atoms with van der Waals surface area (Å²) in [5.41, 5.74) is 2.05. The molecule has 26 heavy (non-hydrogen) atoms. The monoisotopic (exact) mass is 356 g/mol. The number of hydrogen-bond acceptors (Lipinski definition) is 5. The van der Waals surface area contributed by atoms with E-state index in [0.717, 1.165) is 35.9 Å². The van der Waals surface area contributed by atoms with E-state index in [2.05, 4.69) is 25.6 Å². The van der Waals surface area contributed by atoms with Crippen LogP contribution in [0.5, 0.6) is 0 Å². The molecule has 1 fully saturated rings. The third kappa shape index (κ3) is 4.39. The van der Waals surface area contributed by atoms with Gasteiger partial charge in [-0.3, -0.25) is 9.36 Å². The second-order valence-electron chi connectivity index (χ2n) is 7.00. The highest BCUT2D eigenvalue weighted by molar-refractivity contribution is 5.78. The Balaban J connectivity index is 1.55. The Morgan fingerprint density at radius 3 is 2.62 bits per heavy atom. The van der Waals surface area contributed by atoms with Crippen LogP contribution in [0.1, 0.15) is 49.3 Å². The zero-order valence-corrected chi connectivity index (χ0v) is 15.9. The number of carbonyl (C=O) groups is 1. The Hall–Kier alpha value is -2.44. The van der Waals surface area contributed by atoms with Gasteiger partial charge in [0.25, 0.3) is 0 Å². The fraction of sp³-hybridized carbons (Fsp3) is 0.579. The lowest BCUT2D eigenvalue weighted by molar-refractivity contribution is -0.125. The van der Waals surface area contributed by atoms with Gasteiger partial charge in [-0.05, 0) is 33.6 Å². The molecule has 1 saturated carbocycles. The van der Waals surface area contributed by atoms with Crippen molar-refractivity contribution in [1.29, 1.82) is 0 Å². The Kier molecular flexibility index (Phi) is 5.85. The molecule has 0 unspecified atom stereocenters. The molecule has 0 bridgehead atoms. The quantitative estimate of drug-likeness (QED) is 0.778. The zero-order valence-electron chi connectivity index (χ0n) is 15.9. The number of aromatic nitrogens is 4. The molecule has 7 heteroatoms. The van der Waals surface area contributed by atoms with Crippen molar-refractivity contribution < 1.29 is 4.79 Å². The minimum atomic E-state index is 0.190. The van der Waals surface area contributed by atoms with Gasteiger partial charge in [0.05, 0.1) is 5.69 Å². The topological polar surface area (TPSA) is 84.7 Å². The highest BCUT2D eigenvalue weighted by atomic mass is 16.1. The summed E-state index contributed by atoms with van der Waals surface area (Å²) < 4.78 is 1.96. The first-order valence-electron chi connectivity index (χ1n) is 9.43. The van der Waals surface area contributed by atoms with Crippen LogP contribution in [0.25, 0.3) is 5.82 Å². The van der Waals surface area contributed by atoms with E-state index in [1.165, 1.54) is 19.3 Å². The van der Waals surface area contributed by atoms with Crippen LogP contribution in [-0.2, 0) is 4.79 Å². The molecular formula is C19H28N6O. The van der Waals surface area contributed by atoms with Crippen molar-refractivity contribution in [1.82, 2.24) is 24.8 Å². The van der Waals surface area contributed by atoms with Crippen molar-refractivity contribution in [3.63, 3.8) is 0 Å². The summed E-state index contributed by atoms with van der Waals surface area (Å²) in [5.74, 6) is 2.64. The van der Waals surface area contributed by atoms with Gasteiger partial charge in [-0.1, -0.05) is 19.3 Å². The molecule has 7 nitrogen and oxygen atoms in total. The molecule has 0 radical (unpaired) electrons. The van der Waals surface area contributed by atoms with Gasteiger partial charge >= 0.3 is 0 Å². The smallest absolute Gasteiger partial charge is 0.223 e. The number of aryl methyl sites for hydroxylation is 2. The van der Waals surface area contributed by atoms with E-state index in [0.29, 0.717) is 18.9 Å². The first-order valence-corrected chi connectivity index (χ1v) is 9.43. The summed E-state index contributed by atoms with van der Waals surface area (Å²) in [5, 5.41) is 6.32. The second-order valence-corrected chi connectivity index (χ2v) is 7.00. The van der Waals surface area contributed by atoms with Gasteiger partial charge in [0, 0.05) is 30.8 Å². The van der Waals surface area contributed by atoms with Crippen LogP contribution in [0.15, 0.2) is 12.4 Å². The molecule has 2 heterocycles. The summed E-state index contributed by atoms with van der Waals surface area (Å²) in [4.78, 5) is 25.4. The Bertz CT molecular complexity index is 763. The number of rotatable bonds is 6. The minimum absolute atomic E-state index is 0.190. The van der Waals surface area contributed by atoms with Crippen LogP contribution in [0.3, 0.4) is 0 Å². The Morgan fingerprint density at radius 1 is 1.15 bits per heavy atom. The van der Waals surface area contributed by atoms with Crippen LogP contribution in [0, 0.1) is 26.7 Å². The van der Waals surface area contributed by atoms with E-state index in [1.54, 1.807) is 6.33 Å². The van der Waals surface area contributed by atoms with Crippen molar-refractivity contribution in [3.05, 3.63) is 29.6 Å². The zero-order chi connectivity index (χ0) is 18.5. The summed E-state index contributed by atoms with van der Waals surface area (Å²) in [6.45, 7) is 7.10. The lowest BCUT2D eigenvalue weighted by Crippen LogP contribution is -2.35. The number of nitrogens with zero attached hydrogens (tertiary/aromatic N) is 4. The largest absolute Gasteiger partial charge is 0.368 e. The Morgan fingerprint density at radius 2 is 1.92 bits per heavy atom. The van der Waals surface area contributed by atoms with E-state index in [4.69, 9.17) is 0 Å². The molecule has 0 aromatic carbocycles. The average Bonchev–Trinajstić information content (AvgIpc) is 2.98. The van der Waals surface area contributed by atoms with Gasteiger partial charge < -0.3 is 10.6 Å². The third-order valence-corrected chi connectivity index (χ3v) is 5.03. The molecule has 2 N–H and O–H groups in total. The average molecular weight is 356 g/mol. The van der Waals surface area contributed by atoms with Crippen LogP contribution in [-0.4, -0.2) is 38.5 Å². The van der Waals surface area contributed by atoms with E-state index in [-0.39, 0.29) is 11.8 Å². The summed E-state index contributed by atoms with van der Waals surface area (Å²) in [7, 11) is 0. The van der Waals surface area contributed by atoms with E-state index >= 15 is 0 Å². The van der Waals surface area contributed by atoms with Crippen molar-refractivity contribution in [2.75, 3.05) is 18.4 Å². The molecule has 0 saturated heterocycles. The van der Waals surface area contributed by atoms with Crippen molar-refractivity contribution in [2.45, 2.75) is 52.9 Å². The van der Waals surface area contributed by atoms with Crippen LogP contribution in [0.4, 0.5) is 5.82 Å². The molecule has 3 rings (SSSR count). The van der Waals surface area contributed by atoms with Crippen LogP contribution < -0.4 is 10.6 Å². The highest BCUT2D eigenvalue weighted by Crippen LogP contribution is 2.23. The number of nitrogens with one attached hydrogen (secondary N) is 2. The summed E-state index contributed by atoms with van der Waals surface area (Å²) in [6, 6.07) is 1.91. The number of anilines is 1. The number of carbonyl (C=O) groups excluding carboxylic acids is 1. The number of imidazole rings is 1. The molecule has 140 valence electrons. The van der Waals surface area contributed by atoms with Gasteiger partial charge in [0.15, 0.2) is 0 Å². The number of hydrogen-bond donors (Lipinski definition) is 2. The predicted molar refractivity (Wildman–Crippen MR) is 101 cm³/mol. The normalized spacial score (nSPS) is 15.0. The molecule has 2 aromatic heterocycles. The third-order valence-electron chi connectivity index (χ3n) is 5.03. The lowest BCUT2D eigenvalue weighted by atomic mass is 9.89. The fourth-order valence-electron chi connectivity index (χ4n) is 3.38. The maximum Gasteiger partial charge on any atom is 0.223 e. The molecule has 1 amide bonds. The maximum atomic E-state index is 12.2. The molecular weight excluding hydrogens is 328 g/mol. The predicted octanol–water partition coefficient (Wildman–Crippen LogP) is 2.70. The molecule has 1 aliphatic rings. The van der Waals surface area contributed by atoms with Crippen molar-refractivity contribution in [3.8, 4) is 5.82 Å². The minimum Gasteiger partial charge on any atom is -0.368 e. The standard InChI is InChI=1S/C19H28N6O/c1-13-14(2)25(12-22-13)18-11-17(23-15(3)24-18)20-9-10-21-19(26)16-7-5-4-6-8-16/h11-12,16H,4-10H2,1-3H3,(H,21,26)(H,20,23,24). The number of amides is 1. The molecule has 0 aliphatic heterocycles. The highest BCUT2D eigenvalue weighted by Gasteiger charge is 2.20.